The Labute approximate surface area is 59.7 Å². The molecule has 0 bridgehead atoms. The largest absolute Gasteiger partial charge is 0.0692 e. The highest BCUT2D eigenvalue weighted by atomic mass is 28.3. The summed E-state index contributed by atoms with van der Waals surface area (Å²) in [6, 6.07) is 1.48. The van der Waals surface area contributed by atoms with E-state index >= 15 is 0 Å². The van der Waals surface area contributed by atoms with Crippen molar-refractivity contribution in [2.24, 2.45) is 0 Å². The minimum atomic E-state index is -0.694. The second-order valence-electron chi connectivity index (χ2n) is 3.97. The molecule has 0 N–H and O–H groups in total. The smallest absolute Gasteiger partial charge is 0.0502 e. The molecule has 0 aromatic carbocycles. The molecule has 0 heterocycles. The summed E-state index contributed by atoms with van der Waals surface area (Å²) in [7, 11) is -0.694. The van der Waals surface area contributed by atoms with E-state index in [-0.39, 0.29) is 0 Å². The topological polar surface area (TPSA) is 0 Å². The molecular weight excluding hydrogens is 124 g/mol. The van der Waals surface area contributed by atoms with E-state index in [9.17, 15) is 0 Å². The van der Waals surface area contributed by atoms with E-state index in [2.05, 4.69) is 20.0 Å². The van der Waals surface area contributed by atoms with Gasteiger partial charge in [-0.05, 0) is 5.54 Å². The summed E-state index contributed by atoms with van der Waals surface area (Å²) < 4.78 is 0. The highest BCUT2D eigenvalue weighted by Gasteiger charge is 2.33. The number of hydrogen-bond donors (Lipinski definition) is 0. The molecule has 0 aromatic rings. The van der Waals surface area contributed by atoms with Crippen molar-refractivity contribution in [2.75, 3.05) is 0 Å². The molecule has 0 amide bonds. The number of hydrogen-bond acceptors (Lipinski definition) is 0. The molecule has 0 spiro atoms. The molecule has 1 saturated carbocycles. The molecular formula is C8H18Si. The third kappa shape index (κ3) is 1.37. The third-order valence-corrected chi connectivity index (χ3v) is 7.73. The van der Waals surface area contributed by atoms with Crippen molar-refractivity contribution < 1.29 is 0 Å². The maximum absolute atomic E-state index is 2.54. The van der Waals surface area contributed by atoms with Gasteiger partial charge >= 0.3 is 0 Å². The lowest BCUT2D eigenvalue weighted by atomic mass is 10.00. The minimum absolute atomic E-state index is 0.694. The van der Waals surface area contributed by atoms with Crippen LogP contribution in [0.15, 0.2) is 0 Å². The quantitative estimate of drug-likeness (QED) is 0.519. The van der Waals surface area contributed by atoms with Crippen LogP contribution in [0.4, 0.5) is 0 Å². The van der Waals surface area contributed by atoms with Crippen LogP contribution >= 0.6 is 0 Å². The van der Waals surface area contributed by atoms with Gasteiger partial charge in [0.05, 0.1) is 8.07 Å². The van der Waals surface area contributed by atoms with E-state index in [1.54, 1.807) is 12.8 Å². The van der Waals surface area contributed by atoms with Crippen LogP contribution in [0.25, 0.3) is 0 Å². The van der Waals surface area contributed by atoms with Gasteiger partial charge in [0.1, 0.15) is 0 Å². The van der Waals surface area contributed by atoms with Gasteiger partial charge < -0.3 is 0 Å². The Bertz CT molecular complexity index is 92.7. The molecule has 0 saturated heterocycles. The number of rotatable bonds is 2. The summed E-state index contributed by atoms with van der Waals surface area (Å²) >= 11 is 0. The van der Waals surface area contributed by atoms with Crippen molar-refractivity contribution in [2.45, 2.75) is 50.9 Å². The van der Waals surface area contributed by atoms with E-state index < -0.39 is 8.07 Å². The van der Waals surface area contributed by atoms with Crippen LogP contribution < -0.4 is 0 Å². The molecule has 1 aliphatic carbocycles. The normalized spacial score (nSPS) is 21.7. The molecule has 1 fully saturated rings. The lowest BCUT2D eigenvalue weighted by Crippen LogP contribution is -2.35. The van der Waals surface area contributed by atoms with E-state index in [0.29, 0.717) is 0 Å². The Balaban J connectivity index is 2.37. The van der Waals surface area contributed by atoms with Gasteiger partial charge in [-0.1, -0.05) is 45.3 Å². The molecule has 0 unspecified atom stereocenters. The van der Waals surface area contributed by atoms with Crippen LogP contribution in [0.2, 0.25) is 24.7 Å². The lowest BCUT2D eigenvalue weighted by molar-refractivity contribution is 0.485. The first-order valence-corrected chi connectivity index (χ1v) is 7.45. The van der Waals surface area contributed by atoms with Gasteiger partial charge in [0.25, 0.3) is 0 Å². The monoisotopic (exact) mass is 142 g/mol. The first-order chi connectivity index (χ1) is 4.17. The van der Waals surface area contributed by atoms with Gasteiger partial charge in [0.2, 0.25) is 0 Å². The summed E-state index contributed by atoms with van der Waals surface area (Å²) in [4.78, 5) is 0. The Morgan fingerprint density at radius 1 is 1.33 bits per heavy atom. The minimum Gasteiger partial charge on any atom is -0.0692 e. The van der Waals surface area contributed by atoms with Crippen LogP contribution in [0, 0.1) is 0 Å². The Morgan fingerprint density at radius 2 is 1.89 bits per heavy atom. The fourth-order valence-electron chi connectivity index (χ4n) is 1.48. The fraction of sp³-hybridized carbons (Fsp3) is 1.00. The van der Waals surface area contributed by atoms with E-state index in [0.717, 1.165) is 0 Å². The SMILES string of the molecule is CC[Si](C)(C)C1CCC1. The summed E-state index contributed by atoms with van der Waals surface area (Å²) in [6.45, 7) is 7.44. The van der Waals surface area contributed by atoms with Crippen LogP contribution in [0.3, 0.4) is 0 Å². The Hall–Kier alpha value is 0.217. The standard InChI is InChI=1S/C8H18Si/c1-4-9(2,3)8-6-5-7-8/h8H,4-7H2,1-3H3. The van der Waals surface area contributed by atoms with Crippen LogP contribution in [-0.2, 0) is 0 Å². The summed E-state index contributed by atoms with van der Waals surface area (Å²) in [5.74, 6) is 0. The van der Waals surface area contributed by atoms with Crippen molar-refractivity contribution in [1.82, 2.24) is 0 Å². The van der Waals surface area contributed by atoms with Crippen molar-refractivity contribution >= 4 is 8.07 Å². The molecule has 0 aromatic heterocycles. The van der Waals surface area contributed by atoms with Crippen LogP contribution in [0.5, 0.6) is 0 Å². The Kier molecular flexibility index (Phi) is 1.99. The molecule has 0 atom stereocenters. The molecule has 1 rings (SSSR count). The first-order valence-electron chi connectivity index (χ1n) is 4.17. The van der Waals surface area contributed by atoms with Gasteiger partial charge in [-0.2, -0.15) is 0 Å². The average molecular weight is 142 g/mol. The summed E-state index contributed by atoms with van der Waals surface area (Å²) in [6.07, 6.45) is 4.61. The zero-order valence-corrected chi connectivity index (χ0v) is 7.91. The summed E-state index contributed by atoms with van der Waals surface area (Å²) in [5, 5.41) is 0. The predicted molar refractivity (Wildman–Crippen MR) is 45.6 cm³/mol. The van der Waals surface area contributed by atoms with Crippen molar-refractivity contribution in [3.63, 3.8) is 0 Å². The average Bonchev–Trinajstić information content (AvgIpc) is 1.60. The van der Waals surface area contributed by atoms with Crippen LogP contribution in [-0.4, -0.2) is 8.07 Å². The van der Waals surface area contributed by atoms with Crippen LogP contribution in [0.1, 0.15) is 26.2 Å². The van der Waals surface area contributed by atoms with Gasteiger partial charge in [-0.25, -0.2) is 0 Å². The zero-order valence-electron chi connectivity index (χ0n) is 6.91. The Morgan fingerprint density at radius 3 is 2.00 bits per heavy atom. The lowest BCUT2D eigenvalue weighted by Gasteiger charge is -2.38. The van der Waals surface area contributed by atoms with Crippen molar-refractivity contribution in [3.8, 4) is 0 Å². The molecule has 1 heteroatoms. The molecule has 0 aliphatic heterocycles. The molecule has 54 valence electrons. The van der Waals surface area contributed by atoms with E-state index in [1.807, 2.05) is 0 Å². The molecule has 9 heavy (non-hydrogen) atoms. The predicted octanol–water partition coefficient (Wildman–Crippen LogP) is 3.27. The zero-order chi connectivity index (χ0) is 6.91. The van der Waals surface area contributed by atoms with Gasteiger partial charge in [0.15, 0.2) is 0 Å². The maximum atomic E-state index is 2.54. The third-order valence-electron chi connectivity index (χ3n) is 3.12. The van der Waals surface area contributed by atoms with Crippen molar-refractivity contribution in [1.29, 1.82) is 0 Å². The van der Waals surface area contributed by atoms with E-state index in [4.69, 9.17) is 0 Å². The fourth-order valence-corrected chi connectivity index (χ4v) is 4.03. The summed E-state index contributed by atoms with van der Waals surface area (Å²) in [5.41, 5.74) is 1.18. The molecule has 0 nitrogen and oxygen atoms in total. The van der Waals surface area contributed by atoms with Crippen molar-refractivity contribution in [3.05, 3.63) is 0 Å². The molecule has 1 aliphatic rings. The second-order valence-corrected chi connectivity index (χ2v) is 9.47. The van der Waals surface area contributed by atoms with E-state index in [1.165, 1.54) is 18.0 Å². The highest BCUT2D eigenvalue weighted by Crippen LogP contribution is 2.42. The second kappa shape index (κ2) is 2.45. The maximum Gasteiger partial charge on any atom is 0.0502 e. The molecule has 0 radical (unpaired) electrons. The van der Waals surface area contributed by atoms with Gasteiger partial charge in [0, 0.05) is 0 Å². The van der Waals surface area contributed by atoms with Gasteiger partial charge in [-0.15, -0.1) is 0 Å². The first kappa shape index (κ1) is 7.33. The highest BCUT2D eigenvalue weighted by molar-refractivity contribution is 6.78. The van der Waals surface area contributed by atoms with Gasteiger partial charge in [-0.3, -0.25) is 0 Å².